The first-order valence-corrected chi connectivity index (χ1v) is 16.5. The molecule has 7 aromatic carbocycles. The van der Waals surface area contributed by atoms with Gasteiger partial charge in [0, 0.05) is 33.5 Å². The Morgan fingerprint density at radius 2 is 1.00 bits per heavy atom. The van der Waals surface area contributed by atoms with Gasteiger partial charge in [-0.05, 0) is 52.2 Å². The summed E-state index contributed by atoms with van der Waals surface area (Å²) in [7, 11) is 0. The van der Waals surface area contributed by atoms with Crippen LogP contribution in [0.3, 0.4) is 0 Å². The third kappa shape index (κ3) is 4.81. The summed E-state index contributed by atoms with van der Waals surface area (Å²) in [6.45, 7) is 0. The number of nitrogens with zero attached hydrogens (tertiary/aromatic N) is 4. The molecule has 0 aliphatic carbocycles. The SMILES string of the molecule is c1ccc(-c2ccc(-c3nc4cc5c(cc4o3)oc3c(-c4nc(-c6ccccc6)nc(-c6ccc7ccccc7c6)n4)cccc35)cc2)cc1. The molecule has 0 saturated carbocycles. The standard InChI is InChI=1S/C44H26N4O2/c1-3-10-27(11-4-1)29-18-21-31(22-19-29)44-45-37-25-36-34-16-9-17-35(40(34)49-38(36)26-39(37)50-44)43-47-41(30-13-5-2-6-14-30)46-42(48-43)33-23-20-28-12-7-8-15-32(28)24-33/h1-26H. The Morgan fingerprint density at radius 3 is 1.80 bits per heavy atom. The molecule has 0 saturated heterocycles. The van der Waals surface area contributed by atoms with Gasteiger partial charge in [0.15, 0.2) is 23.1 Å². The molecule has 0 unspecified atom stereocenters. The number of para-hydroxylation sites is 1. The van der Waals surface area contributed by atoms with Crippen LogP contribution in [0.4, 0.5) is 0 Å². The van der Waals surface area contributed by atoms with Gasteiger partial charge in [0.1, 0.15) is 16.7 Å². The highest BCUT2D eigenvalue weighted by atomic mass is 16.4. The monoisotopic (exact) mass is 642 g/mol. The second kappa shape index (κ2) is 11.4. The highest BCUT2D eigenvalue weighted by Crippen LogP contribution is 2.38. The highest BCUT2D eigenvalue weighted by molar-refractivity contribution is 6.12. The number of hydrogen-bond donors (Lipinski definition) is 0. The summed E-state index contributed by atoms with van der Waals surface area (Å²) in [5.74, 6) is 2.29. The maximum absolute atomic E-state index is 6.59. The van der Waals surface area contributed by atoms with E-state index in [1.54, 1.807) is 0 Å². The van der Waals surface area contributed by atoms with E-state index in [-0.39, 0.29) is 0 Å². The summed E-state index contributed by atoms with van der Waals surface area (Å²) in [6, 6.07) is 53.2. The van der Waals surface area contributed by atoms with Crippen LogP contribution in [-0.4, -0.2) is 19.9 Å². The topological polar surface area (TPSA) is 77.8 Å². The normalized spacial score (nSPS) is 11.6. The zero-order valence-electron chi connectivity index (χ0n) is 26.6. The minimum absolute atomic E-state index is 0.537. The highest BCUT2D eigenvalue weighted by Gasteiger charge is 2.19. The van der Waals surface area contributed by atoms with Gasteiger partial charge in [-0.25, -0.2) is 19.9 Å². The van der Waals surface area contributed by atoms with Gasteiger partial charge in [-0.1, -0.05) is 121 Å². The van der Waals surface area contributed by atoms with Crippen LogP contribution in [0.2, 0.25) is 0 Å². The zero-order valence-corrected chi connectivity index (χ0v) is 26.6. The van der Waals surface area contributed by atoms with Crippen LogP contribution in [0, 0.1) is 0 Å². The molecule has 0 aliphatic rings. The number of furan rings is 1. The summed E-state index contributed by atoms with van der Waals surface area (Å²) in [5.41, 5.74) is 8.65. The van der Waals surface area contributed by atoms with E-state index >= 15 is 0 Å². The van der Waals surface area contributed by atoms with Crippen molar-refractivity contribution in [3.63, 3.8) is 0 Å². The van der Waals surface area contributed by atoms with Gasteiger partial charge in [0.05, 0.1) is 5.56 Å². The molecule has 0 atom stereocenters. The Labute approximate surface area is 286 Å². The number of benzene rings is 7. The zero-order chi connectivity index (χ0) is 33.0. The van der Waals surface area contributed by atoms with Crippen LogP contribution in [0.25, 0.3) is 101 Å². The number of hydrogen-bond acceptors (Lipinski definition) is 6. The molecule has 0 aliphatic heterocycles. The first-order chi connectivity index (χ1) is 24.7. The first-order valence-electron chi connectivity index (χ1n) is 16.5. The van der Waals surface area contributed by atoms with Crippen molar-refractivity contribution in [2.75, 3.05) is 0 Å². The predicted octanol–water partition coefficient (Wildman–Crippen LogP) is 11.4. The van der Waals surface area contributed by atoms with Crippen molar-refractivity contribution >= 4 is 43.8 Å². The van der Waals surface area contributed by atoms with Crippen LogP contribution in [-0.2, 0) is 0 Å². The van der Waals surface area contributed by atoms with E-state index in [1.165, 1.54) is 5.56 Å². The fourth-order valence-electron chi connectivity index (χ4n) is 6.62. The van der Waals surface area contributed by atoms with E-state index in [4.69, 9.17) is 28.8 Å². The summed E-state index contributed by atoms with van der Waals surface area (Å²) in [4.78, 5) is 19.8. The largest absolute Gasteiger partial charge is 0.455 e. The minimum atomic E-state index is 0.537. The maximum atomic E-state index is 6.59. The minimum Gasteiger partial charge on any atom is -0.455 e. The fraction of sp³-hybridized carbons (Fsp3) is 0. The van der Waals surface area contributed by atoms with Crippen molar-refractivity contribution in [2.45, 2.75) is 0 Å². The van der Waals surface area contributed by atoms with Gasteiger partial charge in [0.2, 0.25) is 5.89 Å². The Morgan fingerprint density at radius 1 is 0.360 bits per heavy atom. The molecule has 50 heavy (non-hydrogen) atoms. The van der Waals surface area contributed by atoms with Gasteiger partial charge in [-0.3, -0.25) is 0 Å². The second-order valence-electron chi connectivity index (χ2n) is 12.3. The number of fused-ring (bicyclic) bond motifs is 5. The summed E-state index contributed by atoms with van der Waals surface area (Å²) < 4.78 is 12.9. The summed E-state index contributed by atoms with van der Waals surface area (Å²) in [5, 5.41) is 4.18. The van der Waals surface area contributed by atoms with E-state index in [0.29, 0.717) is 40.1 Å². The molecule has 0 spiro atoms. The van der Waals surface area contributed by atoms with Crippen molar-refractivity contribution in [3.05, 3.63) is 158 Å². The second-order valence-corrected chi connectivity index (χ2v) is 12.3. The molecular formula is C44H26N4O2. The molecule has 6 nitrogen and oxygen atoms in total. The Balaban J connectivity index is 1.08. The number of rotatable bonds is 5. The van der Waals surface area contributed by atoms with Crippen molar-refractivity contribution in [2.24, 2.45) is 0 Å². The van der Waals surface area contributed by atoms with E-state index < -0.39 is 0 Å². The van der Waals surface area contributed by atoms with Crippen LogP contribution in [0.15, 0.2) is 167 Å². The Bertz CT molecular complexity index is 2860. The quantitative estimate of drug-likeness (QED) is 0.186. The summed E-state index contributed by atoms with van der Waals surface area (Å²) >= 11 is 0. The van der Waals surface area contributed by atoms with Gasteiger partial charge in [-0.15, -0.1) is 0 Å². The molecule has 0 N–H and O–H groups in total. The molecule has 0 amide bonds. The van der Waals surface area contributed by atoms with E-state index in [0.717, 1.165) is 54.9 Å². The third-order valence-electron chi connectivity index (χ3n) is 9.16. The van der Waals surface area contributed by atoms with E-state index in [1.807, 2.05) is 97.1 Å². The lowest BCUT2D eigenvalue weighted by Gasteiger charge is -2.09. The number of oxazole rings is 1. The maximum Gasteiger partial charge on any atom is 0.227 e. The predicted molar refractivity (Wildman–Crippen MR) is 199 cm³/mol. The molecule has 3 aromatic heterocycles. The number of aromatic nitrogens is 4. The third-order valence-corrected chi connectivity index (χ3v) is 9.16. The first kappa shape index (κ1) is 28.1. The van der Waals surface area contributed by atoms with Crippen molar-refractivity contribution in [3.8, 4) is 56.7 Å². The molecule has 234 valence electrons. The van der Waals surface area contributed by atoms with Crippen molar-refractivity contribution < 1.29 is 8.83 Å². The Kier molecular flexibility index (Phi) is 6.39. The molecule has 3 heterocycles. The average molecular weight is 643 g/mol. The lowest BCUT2D eigenvalue weighted by Crippen LogP contribution is -2.00. The van der Waals surface area contributed by atoms with Gasteiger partial charge < -0.3 is 8.83 Å². The lowest BCUT2D eigenvalue weighted by molar-refractivity contribution is 0.617. The van der Waals surface area contributed by atoms with Gasteiger partial charge >= 0.3 is 0 Å². The summed E-state index contributed by atoms with van der Waals surface area (Å²) in [6.07, 6.45) is 0. The lowest BCUT2D eigenvalue weighted by atomic mass is 10.0. The Hall–Kier alpha value is -6.92. The van der Waals surface area contributed by atoms with E-state index in [2.05, 4.69) is 60.7 Å². The molecule has 10 aromatic rings. The van der Waals surface area contributed by atoms with Gasteiger partial charge in [-0.2, -0.15) is 0 Å². The molecule has 10 rings (SSSR count). The molecule has 0 radical (unpaired) electrons. The average Bonchev–Trinajstić information content (AvgIpc) is 3.78. The van der Waals surface area contributed by atoms with Crippen LogP contribution < -0.4 is 0 Å². The van der Waals surface area contributed by atoms with Crippen LogP contribution in [0.5, 0.6) is 0 Å². The molecular weight excluding hydrogens is 617 g/mol. The molecule has 6 heteroatoms. The van der Waals surface area contributed by atoms with E-state index in [9.17, 15) is 0 Å². The van der Waals surface area contributed by atoms with Gasteiger partial charge in [0.25, 0.3) is 0 Å². The molecule has 0 bridgehead atoms. The van der Waals surface area contributed by atoms with Crippen LogP contribution >= 0.6 is 0 Å². The van der Waals surface area contributed by atoms with Crippen molar-refractivity contribution in [1.29, 1.82) is 0 Å². The van der Waals surface area contributed by atoms with Crippen LogP contribution in [0.1, 0.15) is 0 Å². The molecule has 0 fully saturated rings. The smallest absolute Gasteiger partial charge is 0.227 e. The fourth-order valence-corrected chi connectivity index (χ4v) is 6.62. The van der Waals surface area contributed by atoms with Crippen molar-refractivity contribution in [1.82, 2.24) is 19.9 Å².